The molecule has 1 unspecified atom stereocenters. The molecular formula is C19H24N2O4. The Morgan fingerprint density at radius 3 is 2.24 bits per heavy atom. The summed E-state index contributed by atoms with van der Waals surface area (Å²) in [4.78, 5) is 23.4. The molecule has 6 heteroatoms. The SMILES string of the molecule is COC(CNC(=O)c1cc(C)n(-c2cc(C)cc(C)c2)c1C)C(=O)O. The summed E-state index contributed by atoms with van der Waals surface area (Å²) in [6, 6.07) is 8.05. The zero-order chi connectivity index (χ0) is 18.7. The number of aryl methyl sites for hydroxylation is 3. The van der Waals surface area contributed by atoms with Gasteiger partial charge in [-0.3, -0.25) is 4.79 Å². The first kappa shape index (κ1) is 18.7. The highest BCUT2D eigenvalue weighted by atomic mass is 16.5. The van der Waals surface area contributed by atoms with Crippen molar-refractivity contribution >= 4 is 11.9 Å². The summed E-state index contributed by atoms with van der Waals surface area (Å²) < 4.78 is 6.86. The zero-order valence-corrected chi connectivity index (χ0v) is 15.2. The average molecular weight is 344 g/mol. The fourth-order valence-corrected chi connectivity index (χ4v) is 3.02. The molecule has 0 aliphatic heterocycles. The molecule has 0 aliphatic carbocycles. The van der Waals surface area contributed by atoms with Crippen molar-refractivity contribution in [2.24, 2.45) is 0 Å². The van der Waals surface area contributed by atoms with Crippen LogP contribution in [0.1, 0.15) is 32.9 Å². The minimum atomic E-state index is -1.11. The number of nitrogens with one attached hydrogen (secondary N) is 1. The molecule has 1 amide bonds. The second kappa shape index (κ2) is 7.53. The number of carbonyl (C=O) groups excluding carboxylic acids is 1. The minimum absolute atomic E-state index is 0.0854. The van der Waals surface area contributed by atoms with Crippen LogP contribution in [-0.4, -0.2) is 41.3 Å². The Bertz CT molecular complexity index is 788. The number of carboxylic acids is 1. The standard InChI is InChI=1S/C19H24N2O4/c1-11-6-12(2)8-15(7-11)21-13(3)9-16(14(21)4)18(22)20-10-17(25-5)19(23)24/h6-9,17H,10H2,1-5H3,(H,20,22)(H,23,24). The third kappa shape index (κ3) is 4.09. The van der Waals surface area contributed by atoms with E-state index in [0.717, 1.165) is 28.2 Å². The van der Waals surface area contributed by atoms with Crippen molar-refractivity contribution in [1.82, 2.24) is 9.88 Å². The van der Waals surface area contributed by atoms with Crippen molar-refractivity contribution < 1.29 is 19.4 Å². The fraction of sp³-hybridized carbons (Fsp3) is 0.368. The number of aromatic nitrogens is 1. The van der Waals surface area contributed by atoms with Gasteiger partial charge in [-0.2, -0.15) is 0 Å². The summed E-state index contributed by atoms with van der Waals surface area (Å²) in [7, 11) is 1.30. The van der Waals surface area contributed by atoms with Crippen molar-refractivity contribution in [1.29, 1.82) is 0 Å². The number of nitrogens with zero attached hydrogens (tertiary/aromatic N) is 1. The molecule has 1 aromatic heterocycles. The Kier molecular flexibility index (Phi) is 5.64. The van der Waals surface area contributed by atoms with Crippen molar-refractivity contribution in [3.63, 3.8) is 0 Å². The van der Waals surface area contributed by atoms with E-state index in [1.165, 1.54) is 7.11 Å². The zero-order valence-electron chi connectivity index (χ0n) is 15.2. The molecule has 0 radical (unpaired) electrons. The van der Waals surface area contributed by atoms with Crippen molar-refractivity contribution in [3.8, 4) is 5.69 Å². The summed E-state index contributed by atoms with van der Waals surface area (Å²) in [5.41, 5.74) is 5.58. The number of rotatable bonds is 6. The lowest BCUT2D eigenvalue weighted by Gasteiger charge is -2.13. The summed E-state index contributed by atoms with van der Waals surface area (Å²) >= 11 is 0. The van der Waals surface area contributed by atoms with Gasteiger partial charge in [-0.15, -0.1) is 0 Å². The number of hydrogen-bond acceptors (Lipinski definition) is 3. The van der Waals surface area contributed by atoms with Crippen molar-refractivity contribution in [3.05, 3.63) is 52.3 Å². The molecule has 2 aromatic rings. The average Bonchev–Trinajstić information content (AvgIpc) is 2.81. The van der Waals surface area contributed by atoms with E-state index in [0.29, 0.717) is 5.56 Å². The fourth-order valence-electron chi connectivity index (χ4n) is 3.02. The lowest BCUT2D eigenvalue weighted by Crippen LogP contribution is -2.37. The van der Waals surface area contributed by atoms with Crippen LogP contribution >= 0.6 is 0 Å². The molecule has 0 fully saturated rings. The molecule has 0 spiro atoms. The number of hydrogen-bond donors (Lipinski definition) is 2. The highest BCUT2D eigenvalue weighted by Crippen LogP contribution is 2.22. The third-order valence-corrected chi connectivity index (χ3v) is 4.15. The first-order chi connectivity index (χ1) is 11.7. The number of benzene rings is 1. The number of aliphatic carboxylic acids is 1. The van der Waals surface area contributed by atoms with Gasteiger partial charge in [0.25, 0.3) is 5.91 Å². The second-order valence-electron chi connectivity index (χ2n) is 6.24. The van der Waals surface area contributed by atoms with Crippen molar-refractivity contribution in [2.45, 2.75) is 33.8 Å². The van der Waals surface area contributed by atoms with Crippen LogP contribution in [0.25, 0.3) is 5.69 Å². The van der Waals surface area contributed by atoms with Gasteiger partial charge >= 0.3 is 5.97 Å². The van der Waals surface area contributed by atoms with E-state index in [1.807, 2.05) is 38.3 Å². The number of carboxylic acid groups (broad SMARTS) is 1. The highest BCUT2D eigenvalue weighted by molar-refractivity contribution is 5.96. The lowest BCUT2D eigenvalue weighted by molar-refractivity contribution is -0.148. The minimum Gasteiger partial charge on any atom is -0.479 e. The van der Waals surface area contributed by atoms with Crippen LogP contribution in [0.5, 0.6) is 0 Å². The van der Waals surface area contributed by atoms with Crippen LogP contribution in [-0.2, 0) is 9.53 Å². The van der Waals surface area contributed by atoms with Gasteiger partial charge in [-0.25, -0.2) is 4.79 Å². The molecule has 6 nitrogen and oxygen atoms in total. The molecule has 1 atom stereocenters. The van der Waals surface area contributed by atoms with E-state index in [4.69, 9.17) is 9.84 Å². The second-order valence-corrected chi connectivity index (χ2v) is 6.24. The van der Waals surface area contributed by atoms with Crippen LogP contribution in [0.15, 0.2) is 24.3 Å². The predicted molar refractivity (Wildman–Crippen MR) is 95.5 cm³/mol. The van der Waals surface area contributed by atoms with Crippen LogP contribution in [0.4, 0.5) is 0 Å². The first-order valence-corrected chi connectivity index (χ1v) is 8.06. The smallest absolute Gasteiger partial charge is 0.334 e. The van der Waals surface area contributed by atoms with E-state index in [-0.39, 0.29) is 12.5 Å². The molecular weight excluding hydrogens is 320 g/mol. The Morgan fingerprint density at radius 1 is 1.12 bits per heavy atom. The third-order valence-electron chi connectivity index (χ3n) is 4.15. The van der Waals surface area contributed by atoms with E-state index < -0.39 is 12.1 Å². The number of methoxy groups -OCH3 is 1. The first-order valence-electron chi connectivity index (χ1n) is 8.06. The highest BCUT2D eigenvalue weighted by Gasteiger charge is 2.20. The Balaban J connectivity index is 2.29. The molecule has 0 saturated heterocycles. The van der Waals surface area contributed by atoms with Crippen LogP contribution in [0.2, 0.25) is 0 Å². The molecule has 0 bridgehead atoms. The monoisotopic (exact) mass is 344 g/mol. The van der Waals surface area contributed by atoms with E-state index in [1.54, 1.807) is 0 Å². The number of ether oxygens (including phenoxy) is 1. The van der Waals surface area contributed by atoms with Crippen LogP contribution in [0.3, 0.4) is 0 Å². The summed E-state index contributed by atoms with van der Waals surface area (Å²) in [6.45, 7) is 7.81. The molecule has 0 saturated carbocycles. The van der Waals surface area contributed by atoms with Gasteiger partial charge < -0.3 is 19.7 Å². The Hall–Kier alpha value is -2.60. The maximum Gasteiger partial charge on any atom is 0.334 e. The largest absolute Gasteiger partial charge is 0.479 e. The number of carbonyl (C=O) groups is 2. The van der Waals surface area contributed by atoms with Crippen molar-refractivity contribution in [2.75, 3.05) is 13.7 Å². The molecule has 0 aliphatic rings. The maximum atomic E-state index is 12.5. The molecule has 2 N–H and O–H groups in total. The topological polar surface area (TPSA) is 80.6 Å². The Labute approximate surface area is 147 Å². The van der Waals surface area contributed by atoms with Crippen LogP contribution < -0.4 is 5.32 Å². The molecule has 1 heterocycles. The quantitative estimate of drug-likeness (QED) is 0.844. The van der Waals surface area contributed by atoms with Gasteiger partial charge in [0, 0.05) is 24.2 Å². The molecule has 1 aromatic carbocycles. The van der Waals surface area contributed by atoms with E-state index in [9.17, 15) is 9.59 Å². The van der Waals surface area contributed by atoms with Gasteiger partial charge in [0.15, 0.2) is 6.10 Å². The predicted octanol–water partition coefficient (Wildman–Crippen LogP) is 2.54. The van der Waals surface area contributed by atoms with Gasteiger partial charge in [-0.1, -0.05) is 6.07 Å². The Morgan fingerprint density at radius 2 is 1.72 bits per heavy atom. The molecule has 25 heavy (non-hydrogen) atoms. The van der Waals surface area contributed by atoms with E-state index in [2.05, 4.69) is 23.5 Å². The van der Waals surface area contributed by atoms with Gasteiger partial charge in [0.2, 0.25) is 0 Å². The normalized spacial score (nSPS) is 12.0. The van der Waals surface area contributed by atoms with Crippen LogP contribution in [0, 0.1) is 27.7 Å². The number of amides is 1. The van der Waals surface area contributed by atoms with E-state index >= 15 is 0 Å². The van der Waals surface area contributed by atoms with Gasteiger partial charge in [0.05, 0.1) is 12.1 Å². The molecule has 2 rings (SSSR count). The summed E-state index contributed by atoms with van der Waals surface area (Å²) in [6.07, 6.45) is -1.06. The maximum absolute atomic E-state index is 12.5. The van der Waals surface area contributed by atoms with Gasteiger partial charge in [0.1, 0.15) is 0 Å². The lowest BCUT2D eigenvalue weighted by atomic mass is 10.1. The van der Waals surface area contributed by atoms with Gasteiger partial charge in [-0.05, 0) is 57.0 Å². The summed E-state index contributed by atoms with van der Waals surface area (Å²) in [5.74, 6) is -1.42. The molecule has 134 valence electrons. The summed E-state index contributed by atoms with van der Waals surface area (Å²) in [5, 5.41) is 11.6.